The molecule has 3 heterocycles. The Morgan fingerprint density at radius 3 is 2.50 bits per heavy atom. The van der Waals surface area contributed by atoms with Crippen molar-refractivity contribution in [3.05, 3.63) is 72.4 Å². The molecule has 2 aromatic carbocycles. The lowest BCUT2D eigenvalue weighted by Crippen LogP contribution is -2.44. The summed E-state index contributed by atoms with van der Waals surface area (Å²) in [6.45, 7) is 0.837. The van der Waals surface area contributed by atoms with E-state index in [1.54, 1.807) is 25.4 Å². The molecule has 0 bridgehead atoms. The molecule has 0 spiro atoms. The van der Waals surface area contributed by atoms with Gasteiger partial charge in [0.05, 0.1) is 38.1 Å². The van der Waals surface area contributed by atoms with E-state index in [4.69, 9.17) is 14.2 Å². The second kappa shape index (κ2) is 8.94. The molecule has 0 saturated carbocycles. The maximum Gasteiger partial charge on any atom is 0.251 e. The summed E-state index contributed by atoms with van der Waals surface area (Å²) >= 11 is 0. The fourth-order valence-electron chi connectivity index (χ4n) is 4.19. The number of methoxy groups -OCH3 is 1. The Morgan fingerprint density at radius 2 is 1.69 bits per heavy atom. The highest BCUT2D eigenvalue weighted by Crippen LogP contribution is 2.31. The molecule has 2 fully saturated rings. The van der Waals surface area contributed by atoms with Gasteiger partial charge in [0.25, 0.3) is 5.91 Å². The normalized spacial score (nSPS) is 24.0. The van der Waals surface area contributed by atoms with E-state index in [2.05, 4.69) is 20.6 Å². The SMILES string of the molecule is COc1ccccc1-c1ccnc(NC2COC3C(NC(=O)c4ccccc4)COC23)n1. The second-order valence-electron chi connectivity index (χ2n) is 7.76. The van der Waals surface area contributed by atoms with E-state index in [1.807, 2.05) is 48.5 Å². The monoisotopic (exact) mass is 432 g/mol. The largest absolute Gasteiger partial charge is 0.496 e. The van der Waals surface area contributed by atoms with Gasteiger partial charge < -0.3 is 24.8 Å². The van der Waals surface area contributed by atoms with Crippen LogP contribution >= 0.6 is 0 Å². The molecule has 2 N–H and O–H groups in total. The van der Waals surface area contributed by atoms with E-state index in [0.29, 0.717) is 24.7 Å². The van der Waals surface area contributed by atoms with Crippen molar-refractivity contribution in [1.82, 2.24) is 15.3 Å². The van der Waals surface area contributed by atoms with Crippen LogP contribution < -0.4 is 15.4 Å². The molecule has 0 radical (unpaired) electrons. The highest BCUT2D eigenvalue weighted by molar-refractivity contribution is 5.94. The van der Waals surface area contributed by atoms with Gasteiger partial charge in [0, 0.05) is 17.3 Å². The molecule has 2 aliphatic heterocycles. The number of amides is 1. The molecule has 0 aliphatic carbocycles. The van der Waals surface area contributed by atoms with Crippen LogP contribution in [0.25, 0.3) is 11.3 Å². The van der Waals surface area contributed by atoms with Gasteiger partial charge in [-0.25, -0.2) is 9.97 Å². The smallest absolute Gasteiger partial charge is 0.251 e. The summed E-state index contributed by atoms with van der Waals surface area (Å²) in [5.41, 5.74) is 2.27. The van der Waals surface area contributed by atoms with Gasteiger partial charge in [-0.15, -0.1) is 0 Å². The summed E-state index contributed by atoms with van der Waals surface area (Å²) < 4.78 is 17.4. The number of benzene rings is 2. The van der Waals surface area contributed by atoms with Crippen LogP contribution in [0.5, 0.6) is 5.75 Å². The molecule has 1 aromatic heterocycles. The van der Waals surface area contributed by atoms with Gasteiger partial charge in [-0.05, 0) is 30.3 Å². The Morgan fingerprint density at radius 1 is 0.969 bits per heavy atom. The zero-order valence-electron chi connectivity index (χ0n) is 17.6. The number of rotatable bonds is 6. The third kappa shape index (κ3) is 4.02. The minimum atomic E-state index is -0.224. The minimum Gasteiger partial charge on any atom is -0.496 e. The number of hydrogen-bond acceptors (Lipinski definition) is 7. The van der Waals surface area contributed by atoms with Gasteiger partial charge in [-0.3, -0.25) is 4.79 Å². The zero-order valence-corrected chi connectivity index (χ0v) is 17.6. The average Bonchev–Trinajstić information content (AvgIpc) is 3.43. The number of carbonyl (C=O) groups is 1. The maximum atomic E-state index is 12.5. The Bertz CT molecular complexity index is 1090. The van der Waals surface area contributed by atoms with Crippen molar-refractivity contribution in [3.63, 3.8) is 0 Å². The summed E-state index contributed by atoms with van der Waals surface area (Å²) in [5.74, 6) is 1.10. The number of nitrogens with one attached hydrogen (secondary N) is 2. The van der Waals surface area contributed by atoms with Crippen LogP contribution in [0.15, 0.2) is 66.9 Å². The van der Waals surface area contributed by atoms with Gasteiger partial charge in [0.15, 0.2) is 0 Å². The summed E-state index contributed by atoms with van der Waals surface area (Å²) in [6.07, 6.45) is 1.29. The second-order valence-corrected chi connectivity index (χ2v) is 7.76. The fraction of sp³-hybridized carbons (Fsp3) is 0.292. The van der Waals surface area contributed by atoms with Crippen molar-refractivity contribution in [1.29, 1.82) is 0 Å². The number of fused-ring (bicyclic) bond motifs is 1. The van der Waals surface area contributed by atoms with Crippen molar-refractivity contribution >= 4 is 11.9 Å². The Kier molecular flexibility index (Phi) is 5.70. The molecule has 8 heteroatoms. The summed E-state index contributed by atoms with van der Waals surface area (Å²) in [6, 6.07) is 18.4. The first-order valence-corrected chi connectivity index (χ1v) is 10.5. The first-order chi connectivity index (χ1) is 15.7. The fourth-order valence-corrected chi connectivity index (χ4v) is 4.19. The maximum absolute atomic E-state index is 12.5. The first kappa shape index (κ1) is 20.4. The molecule has 4 unspecified atom stereocenters. The predicted octanol–water partition coefficient (Wildman–Crippen LogP) is 2.53. The summed E-state index contributed by atoms with van der Waals surface area (Å²) in [4.78, 5) is 21.5. The van der Waals surface area contributed by atoms with Crippen molar-refractivity contribution < 1.29 is 19.0 Å². The van der Waals surface area contributed by atoms with E-state index in [-0.39, 0.29) is 30.2 Å². The summed E-state index contributed by atoms with van der Waals surface area (Å²) in [7, 11) is 1.64. The Labute approximate surface area is 185 Å². The van der Waals surface area contributed by atoms with Crippen molar-refractivity contribution in [2.75, 3.05) is 25.6 Å². The molecule has 3 aromatic rings. The lowest BCUT2D eigenvalue weighted by atomic mass is 10.1. The van der Waals surface area contributed by atoms with E-state index in [0.717, 1.165) is 17.0 Å². The topological polar surface area (TPSA) is 94.6 Å². The van der Waals surface area contributed by atoms with Crippen LogP contribution in [0.1, 0.15) is 10.4 Å². The molecule has 4 atom stereocenters. The number of hydrogen-bond donors (Lipinski definition) is 2. The van der Waals surface area contributed by atoms with Gasteiger partial charge >= 0.3 is 0 Å². The first-order valence-electron chi connectivity index (χ1n) is 10.5. The minimum absolute atomic E-state index is 0.119. The van der Waals surface area contributed by atoms with Gasteiger partial charge in [0.1, 0.15) is 18.0 Å². The van der Waals surface area contributed by atoms with Crippen molar-refractivity contribution in [2.24, 2.45) is 0 Å². The van der Waals surface area contributed by atoms with Crippen LogP contribution in [-0.4, -0.2) is 60.5 Å². The quantitative estimate of drug-likeness (QED) is 0.618. The zero-order chi connectivity index (χ0) is 21.9. The predicted molar refractivity (Wildman–Crippen MR) is 119 cm³/mol. The van der Waals surface area contributed by atoms with E-state index in [1.165, 1.54) is 0 Å². The molecular formula is C24H24N4O4. The van der Waals surface area contributed by atoms with Crippen LogP contribution in [-0.2, 0) is 9.47 Å². The highest BCUT2D eigenvalue weighted by Gasteiger charge is 2.48. The van der Waals surface area contributed by atoms with E-state index < -0.39 is 0 Å². The molecule has 32 heavy (non-hydrogen) atoms. The Balaban J connectivity index is 1.26. The molecule has 1 amide bonds. The van der Waals surface area contributed by atoms with Gasteiger partial charge in [-0.1, -0.05) is 30.3 Å². The molecule has 2 saturated heterocycles. The van der Waals surface area contributed by atoms with Crippen LogP contribution in [0, 0.1) is 0 Å². The highest BCUT2D eigenvalue weighted by atomic mass is 16.6. The van der Waals surface area contributed by atoms with E-state index >= 15 is 0 Å². The molecule has 5 rings (SSSR count). The lowest BCUT2D eigenvalue weighted by Gasteiger charge is -2.18. The van der Waals surface area contributed by atoms with Crippen molar-refractivity contribution in [3.8, 4) is 17.0 Å². The summed E-state index contributed by atoms with van der Waals surface area (Å²) in [5, 5.41) is 6.37. The van der Waals surface area contributed by atoms with E-state index in [9.17, 15) is 4.79 Å². The third-order valence-corrected chi connectivity index (χ3v) is 5.76. The standard InChI is InChI=1S/C24H24N4O4/c1-30-20-10-6-5-9-16(20)17-11-12-25-24(27-17)28-19-14-32-21-18(13-31-22(19)21)26-23(29)15-7-3-2-4-8-15/h2-12,18-19,21-22H,13-14H2,1H3,(H,26,29)(H,25,27,28). The number of ether oxygens (including phenoxy) is 3. The number of aromatic nitrogens is 2. The van der Waals surface area contributed by atoms with Crippen LogP contribution in [0.3, 0.4) is 0 Å². The number of para-hydroxylation sites is 1. The third-order valence-electron chi connectivity index (χ3n) is 5.76. The average molecular weight is 432 g/mol. The number of carbonyl (C=O) groups excluding carboxylic acids is 1. The number of nitrogens with zero attached hydrogens (tertiary/aromatic N) is 2. The van der Waals surface area contributed by atoms with Gasteiger partial charge in [0.2, 0.25) is 5.95 Å². The molecular weight excluding hydrogens is 408 g/mol. The molecule has 164 valence electrons. The molecule has 8 nitrogen and oxygen atoms in total. The van der Waals surface area contributed by atoms with Gasteiger partial charge in [-0.2, -0.15) is 0 Å². The van der Waals surface area contributed by atoms with Crippen LogP contribution in [0.4, 0.5) is 5.95 Å². The number of anilines is 1. The lowest BCUT2D eigenvalue weighted by molar-refractivity contribution is 0.0652. The van der Waals surface area contributed by atoms with Crippen molar-refractivity contribution in [2.45, 2.75) is 24.3 Å². The van der Waals surface area contributed by atoms with Crippen LogP contribution in [0.2, 0.25) is 0 Å². The Hall–Kier alpha value is -3.49. The molecule has 2 aliphatic rings.